The second-order valence-electron chi connectivity index (χ2n) is 3.94. The standard InChI is InChI=1S/C8H8O2.C6H8FNO/c9-7-10-6-8-4-2-1-3-5-8;1-2-4-3-8-6(9)5(4)7/h1-5,7H,6H2;2,4-5H,1,3H2,(H,8,9)/t;4-,5-/m.0/s1. The van der Waals surface area contributed by atoms with Crippen LogP contribution in [0.15, 0.2) is 43.0 Å². The van der Waals surface area contributed by atoms with Crippen LogP contribution < -0.4 is 5.32 Å². The van der Waals surface area contributed by atoms with E-state index in [0.717, 1.165) is 5.56 Å². The molecule has 102 valence electrons. The van der Waals surface area contributed by atoms with E-state index in [9.17, 15) is 14.0 Å². The number of hydrogen-bond acceptors (Lipinski definition) is 3. The van der Waals surface area contributed by atoms with E-state index in [0.29, 0.717) is 19.6 Å². The quantitative estimate of drug-likeness (QED) is 0.665. The molecular weight excluding hydrogens is 249 g/mol. The summed E-state index contributed by atoms with van der Waals surface area (Å²) in [6, 6.07) is 9.55. The molecular formula is C14H16FNO3. The zero-order valence-corrected chi connectivity index (χ0v) is 10.4. The number of hydrogen-bond donors (Lipinski definition) is 1. The van der Waals surface area contributed by atoms with E-state index in [4.69, 9.17) is 0 Å². The van der Waals surface area contributed by atoms with E-state index >= 15 is 0 Å². The Balaban J connectivity index is 0.000000191. The summed E-state index contributed by atoms with van der Waals surface area (Å²) in [7, 11) is 0. The van der Waals surface area contributed by atoms with Gasteiger partial charge < -0.3 is 10.1 Å². The van der Waals surface area contributed by atoms with Crippen molar-refractivity contribution in [3.05, 3.63) is 48.6 Å². The summed E-state index contributed by atoms with van der Waals surface area (Å²) in [5.41, 5.74) is 1.01. The molecule has 0 aliphatic carbocycles. The Morgan fingerprint density at radius 2 is 2.11 bits per heavy atom. The first-order valence-corrected chi connectivity index (χ1v) is 5.82. The Morgan fingerprint density at radius 3 is 2.53 bits per heavy atom. The maximum atomic E-state index is 12.5. The first kappa shape index (κ1) is 14.9. The number of alkyl halides is 1. The second-order valence-corrected chi connectivity index (χ2v) is 3.94. The molecule has 0 unspecified atom stereocenters. The van der Waals surface area contributed by atoms with Crippen LogP contribution in [-0.2, 0) is 20.9 Å². The van der Waals surface area contributed by atoms with Gasteiger partial charge in [-0.1, -0.05) is 36.4 Å². The minimum Gasteiger partial charge on any atom is -0.463 e. The fourth-order valence-electron chi connectivity index (χ4n) is 1.52. The van der Waals surface area contributed by atoms with Crippen LogP contribution in [0, 0.1) is 5.92 Å². The molecule has 2 rings (SSSR count). The zero-order chi connectivity index (χ0) is 14.1. The molecule has 1 aromatic rings. The lowest BCUT2D eigenvalue weighted by Crippen LogP contribution is -2.20. The zero-order valence-electron chi connectivity index (χ0n) is 10.4. The van der Waals surface area contributed by atoms with Crippen molar-refractivity contribution in [3.63, 3.8) is 0 Å². The van der Waals surface area contributed by atoms with E-state index in [1.54, 1.807) is 0 Å². The van der Waals surface area contributed by atoms with Crippen molar-refractivity contribution in [1.29, 1.82) is 0 Å². The predicted molar refractivity (Wildman–Crippen MR) is 68.9 cm³/mol. The molecule has 0 radical (unpaired) electrons. The minimum atomic E-state index is -1.37. The third kappa shape index (κ3) is 4.91. The largest absolute Gasteiger partial charge is 0.463 e. The second kappa shape index (κ2) is 8.02. The summed E-state index contributed by atoms with van der Waals surface area (Å²) in [6.07, 6.45) is 0.0882. The van der Waals surface area contributed by atoms with Gasteiger partial charge in [-0.3, -0.25) is 9.59 Å². The molecule has 0 saturated carbocycles. The highest BCUT2D eigenvalue weighted by Crippen LogP contribution is 2.13. The van der Waals surface area contributed by atoms with Crippen molar-refractivity contribution in [2.75, 3.05) is 6.54 Å². The molecule has 1 aromatic carbocycles. The molecule has 5 heteroatoms. The van der Waals surface area contributed by atoms with Crippen LogP contribution in [0.1, 0.15) is 5.56 Å². The number of ether oxygens (including phenoxy) is 1. The Labute approximate surface area is 111 Å². The van der Waals surface area contributed by atoms with Crippen LogP contribution in [0.3, 0.4) is 0 Å². The maximum absolute atomic E-state index is 12.5. The fourth-order valence-corrected chi connectivity index (χ4v) is 1.52. The summed E-state index contributed by atoms with van der Waals surface area (Å²) < 4.78 is 17.0. The van der Waals surface area contributed by atoms with E-state index in [1.807, 2.05) is 30.3 Å². The van der Waals surface area contributed by atoms with Gasteiger partial charge in [-0.15, -0.1) is 6.58 Å². The van der Waals surface area contributed by atoms with E-state index in [2.05, 4.69) is 16.6 Å². The van der Waals surface area contributed by atoms with Gasteiger partial charge in [-0.05, 0) is 5.56 Å². The first-order valence-electron chi connectivity index (χ1n) is 5.82. The first-order chi connectivity index (χ1) is 9.19. The summed E-state index contributed by atoms with van der Waals surface area (Å²) in [4.78, 5) is 20.2. The van der Waals surface area contributed by atoms with Gasteiger partial charge in [-0.2, -0.15) is 0 Å². The predicted octanol–water partition coefficient (Wildman–Crippen LogP) is 1.62. The SMILES string of the molecule is C=C[C@H]1CNC(=O)[C@H]1F.O=COCc1ccccc1. The molecule has 0 bridgehead atoms. The number of rotatable bonds is 4. The number of halogens is 1. The van der Waals surface area contributed by atoms with Gasteiger partial charge in [0.25, 0.3) is 12.4 Å². The minimum absolute atomic E-state index is 0.322. The third-order valence-electron chi connectivity index (χ3n) is 2.60. The average Bonchev–Trinajstić information content (AvgIpc) is 2.78. The molecule has 1 fully saturated rings. The summed E-state index contributed by atoms with van der Waals surface area (Å²) in [6.45, 7) is 4.60. The van der Waals surface area contributed by atoms with Crippen molar-refractivity contribution in [3.8, 4) is 0 Å². The molecule has 4 nitrogen and oxygen atoms in total. The van der Waals surface area contributed by atoms with Crippen LogP contribution in [-0.4, -0.2) is 25.1 Å². The summed E-state index contributed by atoms with van der Waals surface area (Å²) in [5, 5.41) is 2.39. The highest BCUT2D eigenvalue weighted by Gasteiger charge is 2.31. The van der Waals surface area contributed by atoms with Crippen LogP contribution in [0.4, 0.5) is 4.39 Å². The summed E-state index contributed by atoms with van der Waals surface area (Å²) >= 11 is 0. The molecule has 1 amide bonds. The van der Waals surface area contributed by atoms with Crippen molar-refractivity contribution in [2.24, 2.45) is 5.92 Å². The number of benzene rings is 1. The highest BCUT2D eigenvalue weighted by molar-refractivity contribution is 5.83. The Bertz CT molecular complexity index is 422. The molecule has 0 spiro atoms. The molecule has 1 saturated heterocycles. The van der Waals surface area contributed by atoms with Crippen molar-refractivity contribution >= 4 is 12.4 Å². The average molecular weight is 265 g/mol. The number of nitrogens with one attached hydrogen (secondary N) is 1. The van der Waals surface area contributed by atoms with Crippen molar-refractivity contribution < 1.29 is 18.7 Å². The topological polar surface area (TPSA) is 55.4 Å². The lowest BCUT2D eigenvalue weighted by molar-refractivity contribution is -0.129. The Morgan fingerprint density at radius 1 is 1.42 bits per heavy atom. The van der Waals surface area contributed by atoms with Gasteiger partial charge in [0.2, 0.25) is 0 Å². The maximum Gasteiger partial charge on any atom is 0.293 e. The summed E-state index contributed by atoms with van der Waals surface area (Å²) in [5.74, 6) is -0.836. The highest BCUT2D eigenvalue weighted by atomic mass is 19.1. The van der Waals surface area contributed by atoms with Crippen LogP contribution in [0.25, 0.3) is 0 Å². The van der Waals surface area contributed by atoms with Gasteiger partial charge in [-0.25, -0.2) is 4.39 Å². The molecule has 19 heavy (non-hydrogen) atoms. The molecule has 1 N–H and O–H groups in total. The molecule has 1 heterocycles. The van der Waals surface area contributed by atoms with Crippen LogP contribution in [0.5, 0.6) is 0 Å². The lowest BCUT2D eigenvalue weighted by Gasteiger charge is -1.99. The smallest absolute Gasteiger partial charge is 0.293 e. The van der Waals surface area contributed by atoms with Crippen molar-refractivity contribution in [2.45, 2.75) is 12.8 Å². The van der Waals surface area contributed by atoms with Gasteiger partial charge in [0.1, 0.15) is 6.61 Å². The van der Waals surface area contributed by atoms with Crippen LogP contribution in [0.2, 0.25) is 0 Å². The Hall–Kier alpha value is -2.17. The monoisotopic (exact) mass is 265 g/mol. The Kier molecular flexibility index (Phi) is 6.29. The van der Waals surface area contributed by atoms with Crippen LogP contribution >= 0.6 is 0 Å². The van der Waals surface area contributed by atoms with Gasteiger partial charge in [0.05, 0.1) is 0 Å². The number of carbonyl (C=O) groups excluding carboxylic acids is 2. The van der Waals surface area contributed by atoms with E-state index < -0.39 is 12.1 Å². The van der Waals surface area contributed by atoms with Gasteiger partial charge in [0, 0.05) is 12.5 Å². The molecule has 1 aliphatic rings. The van der Waals surface area contributed by atoms with Gasteiger partial charge >= 0.3 is 0 Å². The normalized spacial score (nSPS) is 20.8. The van der Waals surface area contributed by atoms with Crippen molar-refractivity contribution in [1.82, 2.24) is 5.32 Å². The molecule has 1 aliphatic heterocycles. The van der Waals surface area contributed by atoms with E-state index in [-0.39, 0.29) is 5.92 Å². The third-order valence-corrected chi connectivity index (χ3v) is 2.60. The number of amides is 1. The lowest BCUT2D eigenvalue weighted by atomic mass is 10.1. The number of carbonyl (C=O) groups is 2. The van der Waals surface area contributed by atoms with E-state index in [1.165, 1.54) is 6.08 Å². The van der Waals surface area contributed by atoms with Gasteiger partial charge in [0.15, 0.2) is 6.17 Å². The fraction of sp³-hybridized carbons (Fsp3) is 0.286. The molecule has 2 atom stereocenters. The molecule has 0 aromatic heterocycles.